The van der Waals surface area contributed by atoms with Crippen LogP contribution in [0, 0.1) is 0 Å². The van der Waals surface area contributed by atoms with Crippen LogP contribution >= 0.6 is 24.0 Å². The molecule has 2 unspecified atom stereocenters. The lowest BCUT2D eigenvalue weighted by Crippen LogP contribution is -2.46. The molecule has 1 aliphatic rings. The van der Waals surface area contributed by atoms with Gasteiger partial charge in [0.2, 0.25) is 0 Å². The van der Waals surface area contributed by atoms with E-state index in [4.69, 9.17) is 4.42 Å². The van der Waals surface area contributed by atoms with Gasteiger partial charge in [0, 0.05) is 39.3 Å². The first kappa shape index (κ1) is 26.5. The lowest BCUT2D eigenvalue weighted by Gasteiger charge is -2.25. The van der Waals surface area contributed by atoms with Crippen LogP contribution in [0.2, 0.25) is 0 Å². The Hall–Kier alpha value is -1.79. The van der Waals surface area contributed by atoms with Gasteiger partial charge >= 0.3 is 6.18 Å². The maximum absolute atomic E-state index is 12.7. The van der Waals surface area contributed by atoms with Gasteiger partial charge in [0.1, 0.15) is 5.76 Å². The van der Waals surface area contributed by atoms with Crippen LogP contribution in [0.4, 0.5) is 13.2 Å². The molecule has 178 valence electrons. The number of hydrogen-bond donors (Lipinski definition) is 2. The highest BCUT2D eigenvalue weighted by molar-refractivity contribution is 14.0. The van der Waals surface area contributed by atoms with Gasteiger partial charge in [-0.2, -0.15) is 13.2 Å². The van der Waals surface area contributed by atoms with E-state index in [0.29, 0.717) is 13.1 Å². The molecule has 32 heavy (non-hydrogen) atoms. The SMILES string of the molecule is CN=C(NCC(c1ccco1)N(C)C)NC1CCN(Cc2ccc(C(F)(F)F)cc2)C1.I. The lowest BCUT2D eigenvalue weighted by molar-refractivity contribution is -0.137. The predicted molar refractivity (Wildman–Crippen MR) is 130 cm³/mol. The van der Waals surface area contributed by atoms with Crippen molar-refractivity contribution >= 4 is 29.9 Å². The molecule has 1 saturated heterocycles. The number of furan rings is 1. The molecule has 0 bridgehead atoms. The third kappa shape index (κ3) is 7.38. The zero-order valence-electron chi connectivity index (χ0n) is 18.5. The number of likely N-dealkylation sites (tertiary alicyclic amines) is 1. The van der Waals surface area contributed by atoms with E-state index in [1.807, 2.05) is 26.2 Å². The number of aliphatic imine (C=N–C) groups is 1. The van der Waals surface area contributed by atoms with E-state index in [1.165, 1.54) is 0 Å². The van der Waals surface area contributed by atoms with Crippen molar-refractivity contribution in [1.29, 1.82) is 0 Å². The second kappa shape index (κ2) is 11.9. The van der Waals surface area contributed by atoms with E-state index in [0.717, 1.165) is 48.9 Å². The molecule has 3 rings (SSSR count). The number of nitrogens with one attached hydrogen (secondary N) is 2. The van der Waals surface area contributed by atoms with Crippen LogP contribution in [0.1, 0.15) is 29.3 Å². The monoisotopic (exact) mass is 565 g/mol. The van der Waals surface area contributed by atoms with Crippen LogP contribution in [0.5, 0.6) is 0 Å². The molecule has 1 aliphatic heterocycles. The highest BCUT2D eigenvalue weighted by Gasteiger charge is 2.30. The molecule has 1 aromatic heterocycles. The Balaban J connectivity index is 0.00000363. The van der Waals surface area contributed by atoms with Crippen molar-refractivity contribution in [3.8, 4) is 0 Å². The molecule has 0 amide bonds. The summed E-state index contributed by atoms with van der Waals surface area (Å²) in [7, 11) is 5.74. The number of guanidine groups is 1. The number of alkyl halides is 3. The molecular formula is C22H31F3IN5O. The van der Waals surface area contributed by atoms with Gasteiger partial charge < -0.3 is 15.1 Å². The molecule has 1 aromatic carbocycles. The fourth-order valence-electron chi connectivity index (χ4n) is 3.75. The van der Waals surface area contributed by atoms with Gasteiger partial charge in [0.05, 0.1) is 17.9 Å². The van der Waals surface area contributed by atoms with Gasteiger partial charge in [-0.1, -0.05) is 12.1 Å². The zero-order chi connectivity index (χ0) is 22.4. The number of benzene rings is 1. The second-order valence-corrected chi connectivity index (χ2v) is 8.01. The number of halogens is 4. The van der Waals surface area contributed by atoms with E-state index in [2.05, 4.69) is 25.4 Å². The molecule has 0 saturated carbocycles. The van der Waals surface area contributed by atoms with E-state index in [-0.39, 0.29) is 36.1 Å². The van der Waals surface area contributed by atoms with Crippen molar-refractivity contribution in [3.63, 3.8) is 0 Å². The summed E-state index contributed by atoms with van der Waals surface area (Å²) in [4.78, 5) is 8.65. The zero-order valence-corrected chi connectivity index (χ0v) is 20.9. The topological polar surface area (TPSA) is 56.0 Å². The van der Waals surface area contributed by atoms with Crippen LogP contribution in [-0.4, -0.2) is 62.6 Å². The number of nitrogens with zero attached hydrogens (tertiary/aromatic N) is 3. The fraction of sp³-hybridized carbons (Fsp3) is 0.500. The Morgan fingerprint density at radius 3 is 2.53 bits per heavy atom. The van der Waals surface area contributed by atoms with Gasteiger partial charge in [0.15, 0.2) is 5.96 Å². The summed E-state index contributed by atoms with van der Waals surface area (Å²) >= 11 is 0. The maximum Gasteiger partial charge on any atom is 0.416 e. The summed E-state index contributed by atoms with van der Waals surface area (Å²) in [6.07, 6.45) is -1.69. The minimum Gasteiger partial charge on any atom is -0.468 e. The highest BCUT2D eigenvalue weighted by Crippen LogP contribution is 2.29. The third-order valence-electron chi connectivity index (χ3n) is 5.48. The maximum atomic E-state index is 12.7. The van der Waals surface area contributed by atoms with Crippen molar-refractivity contribution in [1.82, 2.24) is 20.4 Å². The minimum absolute atomic E-state index is 0. The number of likely N-dealkylation sites (N-methyl/N-ethyl adjacent to an activating group) is 1. The number of hydrogen-bond acceptors (Lipinski definition) is 4. The van der Waals surface area contributed by atoms with E-state index in [9.17, 15) is 13.2 Å². The largest absolute Gasteiger partial charge is 0.468 e. The van der Waals surface area contributed by atoms with Crippen molar-refractivity contribution in [2.45, 2.75) is 31.2 Å². The van der Waals surface area contributed by atoms with Crippen molar-refractivity contribution in [3.05, 3.63) is 59.5 Å². The summed E-state index contributed by atoms with van der Waals surface area (Å²) < 4.78 is 43.7. The Labute approximate surface area is 204 Å². The van der Waals surface area contributed by atoms with E-state index in [1.54, 1.807) is 25.4 Å². The summed E-state index contributed by atoms with van der Waals surface area (Å²) in [5.74, 6) is 1.61. The third-order valence-corrected chi connectivity index (χ3v) is 5.48. The summed E-state index contributed by atoms with van der Waals surface area (Å²) in [5, 5.41) is 6.81. The van der Waals surface area contributed by atoms with Crippen molar-refractivity contribution in [2.75, 3.05) is 40.8 Å². The fourth-order valence-corrected chi connectivity index (χ4v) is 3.75. The molecule has 1 fully saturated rings. The van der Waals surface area contributed by atoms with Crippen LogP contribution in [0.25, 0.3) is 0 Å². The quantitative estimate of drug-likeness (QED) is 0.303. The molecule has 6 nitrogen and oxygen atoms in total. The molecule has 2 N–H and O–H groups in total. The first-order valence-electron chi connectivity index (χ1n) is 10.3. The van der Waals surface area contributed by atoms with Crippen molar-refractivity contribution < 1.29 is 17.6 Å². The predicted octanol–water partition coefficient (Wildman–Crippen LogP) is 3.96. The van der Waals surface area contributed by atoms with Gasteiger partial charge in [-0.3, -0.25) is 14.8 Å². The molecule has 0 aliphatic carbocycles. The van der Waals surface area contributed by atoms with Crippen LogP contribution in [0.15, 0.2) is 52.1 Å². The van der Waals surface area contributed by atoms with Gasteiger partial charge in [-0.05, 0) is 50.3 Å². The van der Waals surface area contributed by atoms with Gasteiger partial charge in [-0.15, -0.1) is 24.0 Å². The summed E-state index contributed by atoms with van der Waals surface area (Å²) in [5.41, 5.74) is 0.265. The molecule has 2 atom stereocenters. The van der Waals surface area contributed by atoms with Crippen LogP contribution in [0.3, 0.4) is 0 Å². The molecule has 0 spiro atoms. The smallest absolute Gasteiger partial charge is 0.416 e. The first-order valence-corrected chi connectivity index (χ1v) is 10.3. The van der Waals surface area contributed by atoms with Crippen LogP contribution in [-0.2, 0) is 12.7 Å². The molecule has 10 heteroatoms. The summed E-state index contributed by atoms with van der Waals surface area (Å²) in [6.45, 7) is 2.95. The second-order valence-electron chi connectivity index (χ2n) is 8.01. The first-order chi connectivity index (χ1) is 14.8. The molecular weight excluding hydrogens is 534 g/mol. The Bertz CT molecular complexity index is 840. The highest BCUT2D eigenvalue weighted by atomic mass is 127. The normalized spacial score (nSPS) is 18.5. The average Bonchev–Trinajstić information content (AvgIpc) is 3.39. The minimum atomic E-state index is -4.30. The van der Waals surface area contributed by atoms with E-state index < -0.39 is 11.7 Å². The molecule has 2 aromatic rings. The number of rotatable bonds is 7. The van der Waals surface area contributed by atoms with Gasteiger partial charge in [0.25, 0.3) is 0 Å². The lowest BCUT2D eigenvalue weighted by atomic mass is 10.1. The summed E-state index contributed by atoms with van der Waals surface area (Å²) in [6, 6.07) is 9.54. The Kier molecular flexibility index (Phi) is 9.83. The standard InChI is InChI=1S/C22H30F3N5O.HI/c1-26-21(27-13-19(29(2)3)20-5-4-12-31-20)28-18-10-11-30(15-18)14-16-6-8-17(9-7-16)22(23,24)25;/h4-9,12,18-19H,10-11,13-15H2,1-3H3,(H2,26,27,28);1H. The molecule has 2 heterocycles. The van der Waals surface area contributed by atoms with Gasteiger partial charge in [-0.25, -0.2) is 0 Å². The Morgan fingerprint density at radius 2 is 1.97 bits per heavy atom. The molecule has 0 radical (unpaired) electrons. The average molecular weight is 565 g/mol. The van der Waals surface area contributed by atoms with Crippen molar-refractivity contribution in [2.24, 2.45) is 4.99 Å². The Morgan fingerprint density at radius 1 is 1.25 bits per heavy atom. The van der Waals surface area contributed by atoms with Crippen LogP contribution < -0.4 is 10.6 Å². The van der Waals surface area contributed by atoms with E-state index >= 15 is 0 Å².